The second-order valence-corrected chi connectivity index (χ2v) is 13.0. The predicted molar refractivity (Wildman–Crippen MR) is 129 cm³/mol. The highest BCUT2D eigenvalue weighted by molar-refractivity contribution is 7.50. The summed E-state index contributed by atoms with van der Waals surface area (Å²) in [5, 5.41) is 47.4. The molecule has 0 bridgehead atoms. The summed E-state index contributed by atoms with van der Waals surface area (Å²) >= 11 is 0. The lowest BCUT2D eigenvalue weighted by atomic mass is 10.0. The highest BCUT2D eigenvalue weighted by atomic mass is 31.2. The molecule has 0 spiro atoms. The van der Waals surface area contributed by atoms with Crippen molar-refractivity contribution < 1.29 is 77.2 Å². The van der Waals surface area contributed by atoms with E-state index in [1.165, 1.54) is 14.2 Å². The van der Waals surface area contributed by atoms with Crippen LogP contribution < -0.4 is 9.79 Å². The number of hydrogen-bond acceptors (Lipinski definition) is 16. The van der Waals surface area contributed by atoms with Gasteiger partial charge in [0.15, 0.2) is 12.6 Å². The molecule has 0 aromatic heterocycles. The van der Waals surface area contributed by atoms with Gasteiger partial charge >= 0.3 is 0 Å². The maximum atomic E-state index is 11.3. The number of ether oxygens (including phenoxy) is 5. The van der Waals surface area contributed by atoms with Crippen molar-refractivity contribution in [1.29, 1.82) is 0 Å². The van der Waals surface area contributed by atoms with Gasteiger partial charge < -0.3 is 77.2 Å². The van der Waals surface area contributed by atoms with Crippen LogP contribution in [0.3, 0.4) is 0 Å². The molecule has 2 saturated heterocycles. The van der Waals surface area contributed by atoms with E-state index in [2.05, 4.69) is 4.74 Å². The number of aliphatic hydroxyl groups is 5. The Kier molecular flexibility index (Phi) is 15.6. The molecule has 0 saturated carbocycles. The molecule has 7 unspecified atom stereocenters. The molecule has 0 radical (unpaired) electrons. The highest BCUT2D eigenvalue weighted by Crippen LogP contribution is 2.42. The van der Waals surface area contributed by atoms with E-state index in [1.54, 1.807) is 13.8 Å². The molecule has 234 valence electrons. The van der Waals surface area contributed by atoms with Gasteiger partial charge in [-0.05, 0) is 0 Å². The van der Waals surface area contributed by atoms with E-state index < -0.39 is 83.0 Å². The fourth-order valence-electron chi connectivity index (χ4n) is 4.08. The zero-order valence-electron chi connectivity index (χ0n) is 22.8. The Labute approximate surface area is 227 Å². The molecule has 0 aromatic carbocycles. The minimum Gasteiger partial charge on any atom is -0.779 e. The third kappa shape index (κ3) is 12.0. The van der Waals surface area contributed by atoms with Crippen LogP contribution in [0.2, 0.25) is 0 Å². The van der Waals surface area contributed by atoms with Gasteiger partial charge in [0.25, 0.3) is 0 Å². The van der Waals surface area contributed by atoms with Crippen LogP contribution in [0.4, 0.5) is 0 Å². The summed E-state index contributed by atoms with van der Waals surface area (Å²) < 4.78 is 57.8. The molecule has 18 heteroatoms. The van der Waals surface area contributed by atoms with Crippen molar-refractivity contribution >= 4 is 15.2 Å². The Balaban J connectivity index is 0.000000434. The summed E-state index contributed by atoms with van der Waals surface area (Å²) in [6.07, 6.45) is -8.83. The molecule has 2 rings (SSSR count). The summed E-state index contributed by atoms with van der Waals surface area (Å²) in [5.74, 6) is -0.785. The monoisotopic (exact) mass is 612 g/mol. The normalized spacial score (nSPS) is 36.3. The smallest absolute Gasteiger partial charge is 0.163 e. The Morgan fingerprint density at radius 3 is 1.59 bits per heavy atom. The number of hydrogen-bond donors (Lipinski definition) is 5. The summed E-state index contributed by atoms with van der Waals surface area (Å²) in [4.78, 5) is 22.3. The lowest BCUT2D eigenvalue weighted by molar-refractivity contribution is -0.204. The molecule has 0 amide bonds. The maximum absolute atomic E-state index is 11.3. The second-order valence-electron chi connectivity index (χ2n) is 9.50. The van der Waals surface area contributed by atoms with Crippen molar-refractivity contribution in [2.75, 3.05) is 54.0 Å². The summed E-state index contributed by atoms with van der Waals surface area (Å²) in [6.45, 7) is 3.98. The first-order valence-electron chi connectivity index (χ1n) is 12.1. The zero-order valence-corrected chi connectivity index (χ0v) is 24.6. The first kappa shape index (κ1) is 36.9. The topological polar surface area (TPSA) is 246 Å². The zero-order chi connectivity index (χ0) is 30.1. The van der Waals surface area contributed by atoms with Crippen LogP contribution in [0.25, 0.3) is 0 Å². The van der Waals surface area contributed by atoms with Crippen LogP contribution >= 0.6 is 15.2 Å². The average Bonchev–Trinajstić information content (AvgIpc) is 3.30. The number of aliphatic hydroxyl groups excluding tert-OH is 5. The van der Waals surface area contributed by atoms with Crippen LogP contribution in [-0.4, -0.2) is 135 Å². The summed E-state index contributed by atoms with van der Waals surface area (Å²) in [7, 11) is -5.08. The predicted octanol–water partition coefficient (Wildman–Crippen LogP) is -2.79. The highest BCUT2D eigenvalue weighted by Gasteiger charge is 2.45. The van der Waals surface area contributed by atoms with Gasteiger partial charge in [0.2, 0.25) is 0 Å². The Morgan fingerprint density at radius 1 is 0.795 bits per heavy atom. The van der Waals surface area contributed by atoms with Gasteiger partial charge in [0.1, 0.15) is 45.7 Å². The van der Waals surface area contributed by atoms with Crippen LogP contribution in [0.5, 0.6) is 0 Å². The number of methoxy groups -OCH3 is 2. The van der Waals surface area contributed by atoms with E-state index in [0.29, 0.717) is 0 Å². The van der Waals surface area contributed by atoms with E-state index in [0.717, 1.165) is 13.3 Å². The molecule has 2 heterocycles. The molecule has 16 nitrogen and oxygen atoms in total. The standard InChI is InChI=1S/C13H27O10P.C8H17O6P/c1-7-12(23-24(3,18)19)10(4-14)22-13(7)21-6-9(16)11(17)8(15)5-20-2;1-5-7(14-15(3,10)11)6(4-9)13-8(5)12-2/h7-17H,4-6H2,1-3H3,(H,18,19);5-9H,4H2,1-3H3,(H,10,11)/p-2/t7?,8?,9?,10-,11?,12-,13-;5?,6-,7-,8-/m11/s1. The molecule has 13 atom stereocenters. The third-order valence-electron chi connectivity index (χ3n) is 6.02. The maximum Gasteiger partial charge on any atom is 0.163 e. The average molecular weight is 612 g/mol. The van der Waals surface area contributed by atoms with E-state index in [9.17, 15) is 39.3 Å². The van der Waals surface area contributed by atoms with E-state index >= 15 is 0 Å². The van der Waals surface area contributed by atoms with Crippen molar-refractivity contribution in [1.82, 2.24) is 0 Å². The van der Waals surface area contributed by atoms with Gasteiger partial charge in [-0.15, -0.1) is 0 Å². The Morgan fingerprint density at radius 2 is 1.21 bits per heavy atom. The van der Waals surface area contributed by atoms with Gasteiger partial charge in [0.05, 0.1) is 38.6 Å². The van der Waals surface area contributed by atoms with Gasteiger partial charge in [0, 0.05) is 39.4 Å². The molecule has 0 aromatic rings. The lowest BCUT2D eigenvalue weighted by Gasteiger charge is -2.27. The molecule has 2 aliphatic rings. The largest absolute Gasteiger partial charge is 0.779 e. The lowest BCUT2D eigenvalue weighted by Crippen LogP contribution is -2.43. The first-order chi connectivity index (χ1) is 18.0. The Bertz CT molecular complexity index is 790. The molecule has 2 aliphatic heterocycles. The van der Waals surface area contributed by atoms with Gasteiger partial charge in [-0.1, -0.05) is 13.8 Å². The second kappa shape index (κ2) is 16.5. The first-order valence-corrected chi connectivity index (χ1v) is 16.1. The molecule has 39 heavy (non-hydrogen) atoms. The summed E-state index contributed by atoms with van der Waals surface area (Å²) in [5.41, 5.74) is 0. The molecular weight excluding hydrogens is 570 g/mol. The van der Waals surface area contributed by atoms with Gasteiger partial charge in [-0.25, -0.2) is 0 Å². The van der Waals surface area contributed by atoms with Crippen LogP contribution in [-0.2, 0) is 41.9 Å². The van der Waals surface area contributed by atoms with Crippen molar-refractivity contribution in [3.8, 4) is 0 Å². The van der Waals surface area contributed by atoms with Crippen molar-refractivity contribution in [2.45, 2.75) is 69.2 Å². The van der Waals surface area contributed by atoms with Crippen LogP contribution in [0, 0.1) is 11.8 Å². The van der Waals surface area contributed by atoms with E-state index in [-0.39, 0.29) is 25.7 Å². The Hall–Kier alpha value is -0.100. The van der Waals surface area contributed by atoms with Crippen molar-refractivity contribution in [2.24, 2.45) is 11.8 Å². The third-order valence-corrected chi connectivity index (χ3v) is 7.27. The molecular formula is C21H42O16P2-2. The van der Waals surface area contributed by atoms with Crippen molar-refractivity contribution in [3.63, 3.8) is 0 Å². The fraction of sp³-hybridized carbons (Fsp3) is 1.00. The molecule has 0 aliphatic carbocycles. The summed E-state index contributed by atoms with van der Waals surface area (Å²) in [6, 6.07) is 0. The van der Waals surface area contributed by atoms with Crippen LogP contribution in [0.1, 0.15) is 13.8 Å². The van der Waals surface area contributed by atoms with Gasteiger partial charge in [-0.2, -0.15) is 0 Å². The molecule has 2 fully saturated rings. The minimum absolute atomic E-state index is 0.160. The quantitative estimate of drug-likeness (QED) is 0.124. The van der Waals surface area contributed by atoms with Gasteiger partial charge in [-0.3, -0.25) is 0 Å². The van der Waals surface area contributed by atoms with E-state index in [4.69, 9.17) is 33.1 Å². The molecule has 5 N–H and O–H groups in total. The van der Waals surface area contributed by atoms with E-state index in [1.807, 2.05) is 0 Å². The number of rotatable bonds is 14. The fourth-order valence-corrected chi connectivity index (χ4v) is 5.62. The minimum atomic E-state index is -4.04. The van der Waals surface area contributed by atoms with Crippen LogP contribution in [0.15, 0.2) is 0 Å². The SMILES string of the molecule is COCC(O)C(O)C(O)CO[C@@H]1O[C@H](CO)[C@H](OP(C)(=O)[O-])C1C.CO[C@@H]1O[C@H](CO)[C@H](OP(C)(=O)[O-])C1C. The van der Waals surface area contributed by atoms with Crippen molar-refractivity contribution in [3.05, 3.63) is 0 Å².